The maximum Gasteiger partial charge on any atom is 0.310 e. The van der Waals surface area contributed by atoms with Crippen LogP contribution in [0.1, 0.15) is 17.3 Å². The largest absolute Gasteiger partial charge is 0.326 e. The number of halogens is 5. The molecule has 0 fully saturated rings. The normalized spacial score (nSPS) is 15.1. The highest BCUT2D eigenvalue weighted by Crippen LogP contribution is 3.02. The maximum atomic E-state index is 12.8. The molecule has 0 bridgehead atoms. The molecule has 0 saturated heterocycles. The fraction of sp³-hybridized carbons (Fsp3) is 0.200. The van der Waals surface area contributed by atoms with E-state index in [1.54, 1.807) is 0 Å². The first-order valence-corrected chi connectivity index (χ1v) is 7.08. The van der Waals surface area contributed by atoms with Gasteiger partial charge < -0.3 is 5.32 Å². The smallest absolute Gasteiger partial charge is 0.310 e. The van der Waals surface area contributed by atoms with Crippen LogP contribution in [0.15, 0.2) is 23.1 Å². The van der Waals surface area contributed by atoms with E-state index in [1.165, 1.54) is 0 Å². The van der Waals surface area contributed by atoms with E-state index in [9.17, 15) is 29.0 Å². The van der Waals surface area contributed by atoms with Crippen LogP contribution in [0.5, 0.6) is 0 Å². The van der Waals surface area contributed by atoms with Gasteiger partial charge in [0.1, 0.15) is 4.90 Å². The van der Waals surface area contributed by atoms with Gasteiger partial charge in [-0.1, -0.05) is 19.4 Å². The number of hydrogen-bond acceptors (Lipinski definition) is 2. The molecular formula is C10H9BF5NO2S. The Kier molecular flexibility index (Phi) is 3.47. The Labute approximate surface area is 112 Å². The molecule has 20 heavy (non-hydrogen) atoms. The van der Waals surface area contributed by atoms with Gasteiger partial charge in [0.25, 0.3) is 0 Å². The average Bonchev–Trinajstić information content (AvgIpc) is 2.23. The molecule has 1 N–H and O–H groups in total. The predicted molar refractivity (Wildman–Crippen MR) is 67.0 cm³/mol. The summed E-state index contributed by atoms with van der Waals surface area (Å²) in [4.78, 5) is 19.9. The van der Waals surface area contributed by atoms with Crippen LogP contribution >= 0.6 is 10.2 Å². The second-order valence-electron chi connectivity index (χ2n) is 4.02. The van der Waals surface area contributed by atoms with E-state index in [2.05, 4.69) is 0 Å². The van der Waals surface area contributed by atoms with Crippen LogP contribution < -0.4 is 5.32 Å². The summed E-state index contributed by atoms with van der Waals surface area (Å²) < 4.78 is 63.8. The van der Waals surface area contributed by atoms with Gasteiger partial charge in [0.2, 0.25) is 5.91 Å². The predicted octanol–water partition coefficient (Wildman–Crippen LogP) is 4.07. The third kappa shape index (κ3) is 4.22. The Balaban J connectivity index is 3.55. The first kappa shape index (κ1) is 16.5. The summed E-state index contributed by atoms with van der Waals surface area (Å²) in [6.45, 7) is 0.983. The molecule has 2 radical (unpaired) electrons. The van der Waals surface area contributed by atoms with E-state index in [0.717, 1.165) is 13.0 Å². The maximum absolute atomic E-state index is 12.8. The number of ketones is 1. The first-order chi connectivity index (χ1) is 8.72. The van der Waals surface area contributed by atoms with Crippen molar-refractivity contribution in [2.75, 3.05) is 5.32 Å². The molecule has 0 aliphatic heterocycles. The number of nitrogens with one attached hydrogen (secondary N) is 1. The minimum Gasteiger partial charge on any atom is -0.326 e. The molecule has 0 aliphatic rings. The Morgan fingerprint density at radius 2 is 1.70 bits per heavy atom. The summed E-state index contributed by atoms with van der Waals surface area (Å²) >= 11 is 0. The molecule has 0 saturated carbocycles. The molecule has 1 rings (SSSR count). The van der Waals surface area contributed by atoms with Crippen LogP contribution in [0.4, 0.5) is 25.1 Å². The second-order valence-corrected chi connectivity index (χ2v) is 6.43. The number of carbonyl (C=O) groups is 2. The second kappa shape index (κ2) is 4.21. The molecule has 1 aromatic rings. The highest BCUT2D eigenvalue weighted by molar-refractivity contribution is 8.45. The van der Waals surface area contributed by atoms with Gasteiger partial charge in [-0.15, -0.1) is 0 Å². The SMILES string of the molecule is [B]CC(=O)c1cc(NC(C)=O)cc(S(F)(F)(F)(F)F)c1. The molecule has 110 valence electrons. The van der Waals surface area contributed by atoms with Crippen molar-refractivity contribution in [3.05, 3.63) is 23.8 Å². The lowest BCUT2D eigenvalue weighted by atomic mass is 9.96. The van der Waals surface area contributed by atoms with Gasteiger partial charge in [-0.25, -0.2) is 0 Å². The third-order valence-corrected chi connectivity index (χ3v) is 3.31. The molecule has 1 amide bonds. The van der Waals surface area contributed by atoms with Crippen LogP contribution in [-0.4, -0.2) is 19.5 Å². The van der Waals surface area contributed by atoms with Gasteiger partial charge in [0.15, 0.2) is 5.78 Å². The van der Waals surface area contributed by atoms with Crippen molar-refractivity contribution in [3.8, 4) is 0 Å². The Morgan fingerprint density at radius 3 is 2.10 bits per heavy atom. The number of carbonyl (C=O) groups excluding carboxylic acids is 2. The fourth-order valence-electron chi connectivity index (χ4n) is 1.38. The Morgan fingerprint density at radius 1 is 1.15 bits per heavy atom. The third-order valence-electron chi connectivity index (χ3n) is 2.18. The molecule has 10 heteroatoms. The van der Waals surface area contributed by atoms with E-state index in [-0.39, 0.29) is 12.1 Å². The monoisotopic (exact) mass is 313 g/mol. The summed E-state index contributed by atoms with van der Waals surface area (Å²) in [7, 11) is -4.98. The van der Waals surface area contributed by atoms with Gasteiger partial charge in [0.05, 0.1) is 7.85 Å². The quantitative estimate of drug-likeness (QED) is 0.517. The van der Waals surface area contributed by atoms with Crippen molar-refractivity contribution < 1.29 is 29.0 Å². The van der Waals surface area contributed by atoms with E-state index < -0.39 is 44.4 Å². The molecule has 0 atom stereocenters. The van der Waals surface area contributed by atoms with Gasteiger partial charge in [-0.05, 0) is 24.5 Å². The van der Waals surface area contributed by atoms with Crippen molar-refractivity contribution in [3.63, 3.8) is 0 Å². The summed E-state index contributed by atoms with van der Waals surface area (Å²) in [5.41, 5.74) is -1.21. The first-order valence-electron chi connectivity index (χ1n) is 5.13. The van der Waals surface area contributed by atoms with Crippen molar-refractivity contribution in [1.82, 2.24) is 0 Å². The molecule has 1 aromatic carbocycles. The number of anilines is 1. The summed E-state index contributed by atoms with van der Waals surface area (Å²) in [6.07, 6.45) is -0.650. The van der Waals surface area contributed by atoms with E-state index in [1.807, 2.05) is 5.32 Å². The fourth-order valence-corrected chi connectivity index (χ4v) is 2.08. The summed E-state index contributed by atoms with van der Waals surface area (Å²) in [6, 6.07) is 0.960. The van der Waals surface area contributed by atoms with Crippen molar-refractivity contribution in [2.24, 2.45) is 0 Å². The van der Waals surface area contributed by atoms with Gasteiger partial charge in [-0.3, -0.25) is 9.59 Å². The van der Waals surface area contributed by atoms with Crippen LogP contribution in [0.2, 0.25) is 6.32 Å². The topological polar surface area (TPSA) is 46.2 Å². The standard InChI is InChI=1S/C10H9BF5NO2S/c1-6(18)17-8-2-7(10(19)5-11)3-9(4-8)20(12,13,14,15)16/h2-4H,5H2,1H3,(H,17,18). The lowest BCUT2D eigenvalue weighted by Crippen LogP contribution is -2.12. The van der Waals surface area contributed by atoms with Gasteiger partial charge in [0, 0.05) is 18.2 Å². The van der Waals surface area contributed by atoms with Crippen molar-refractivity contribution in [1.29, 1.82) is 0 Å². The van der Waals surface area contributed by atoms with Crippen molar-refractivity contribution in [2.45, 2.75) is 18.1 Å². The van der Waals surface area contributed by atoms with Gasteiger partial charge >= 0.3 is 10.2 Å². The van der Waals surface area contributed by atoms with Crippen molar-refractivity contribution >= 4 is 35.4 Å². The average molecular weight is 313 g/mol. The summed E-state index contributed by atoms with van der Waals surface area (Å²) in [5.74, 6) is -1.73. The molecular weight excluding hydrogens is 304 g/mol. The Hall–Kier alpha value is -1.58. The van der Waals surface area contributed by atoms with Crippen LogP contribution in [0.3, 0.4) is 0 Å². The summed E-state index contributed by atoms with van der Waals surface area (Å²) in [5, 5.41) is 1.92. The lowest BCUT2D eigenvalue weighted by molar-refractivity contribution is -0.114. The minimum atomic E-state index is -9.96. The number of amides is 1. The zero-order valence-electron chi connectivity index (χ0n) is 10.1. The molecule has 0 aliphatic carbocycles. The molecule has 0 spiro atoms. The minimum absolute atomic E-state index is 0.0298. The van der Waals surface area contributed by atoms with Gasteiger partial charge in [-0.2, -0.15) is 0 Å². The molecule has 0 aromatic heterocycles. The van der Waals surface area contributed by atoms with E-state index >= 15 is 0 Å². The van der Waals surface area contributed by atoms with Crippen LogP contribution in [0.25, 0.3) is 0 Å². The zero-order chi connectivity index (χ0) is 15.8. The molecule has 3 nitrogen and oxygen atoms in total. The Bertz CT molecular complexity index is 587. The highest BCUT2D eigenvalue weighted by atomic mass is 32.5. The molecule has 0 heterocycles. The van der Waals surface area contributed by atoms with Crippen LogP contribution in [0, 0.1) is 0 Å². The number of benzene rings is 1. The lowest BCUT2D eigenvalue weighted by Gasteiger charge is -2.40. The molecule has 0 unspecified atom stereocenters. The number of Topliss-reactive ketones (excluding diaryl/α,β-unsaturated/α-hetero) is 1. The zero-order valence-corrected chi connectivity index (χ0v) is 10.9. The number of hydrogen-bond donors (Lipinski definition) is 1. The van der Waals surface area contributed by atoms with Crippen LogP contribution in [-0.2, 0) is 4.79 Å². The van der Waals surface area contributed by atoms with E-state index in [0.29, 0.717) is 0 Å². The highest BCUT2D eigenvalue weighted by Gasteiger charge is 2.65. The van der Waals surface area contributed by atoms with E-state index in [4.69, 9.17) is 7.85 Å². The number of rotatable bonds is 4.